The predicted molar refractivity (Wildman–Crippen MR) is 77.9 cm³/mol. The molecular formula is C11H21IN2O5. The number of unbranched alkanes of at least 4 members (excludes halogenated alkanes) is 3. The molecule has 0 radical (unpaired) electrons. The highest BCUT2D eigenvalue weighted by molar-refractivity contribution is 14.1. The van der Waals surface area contributed by atoms with Crippen molar-refractivity contribution in [2.75, 3.05) is 26.9 Å². The Bertz CT molecular complexity index is 265. The van der Waals surface area contributed by atoms with E-state index in [0.717, 1.165) is 32.3 Å². The Kier molecular flexibility index (Phi) is 12.3. The third-order valence-corrected chi connectivity index (χ3v) is 2.74. The molecule has 0 fully saturated rings. The summed E-state index contributed by atoms with van der Waals surface area (Å²) >= 11 is 1.86. The standard InChI is InChI=1S/C11H21IN2O5/c1-18-8-9(15)10(16)14-11(17)13-6-4-2-3-5-7-19-12/h9,15H,2-8H2,1H3,(H2,13,14,16,17). The molecule has 0 bridgehead atoms. The Balaban J connectivity index is 3.51. The molecule has 1 atom stereocenters. The van der Waals surface area contributed by atoms with E-state index in [-0.39, 0.29) is 6.61 Å². The van der Waals surface area contributed by atoms with Gasteiger partial charge in [0.15, 0.2) is 6.10 Å². The lowest BCUT2D eigenvalue weighted by Crippen LogP contribution is -2.45. The molecule has 0 aliphatic carbocycles. The average molecular weight is 388 g/mol. The number of nitrogens with one attached hydrogen (secondary N) is 2. The van der Waals surface area contributed by atoms with Crippen molar-refractivity contribution < 1.29 is 22.5 Å². The van der Waals surface area contributed by atoms with Crippen LogP contribution >= 0.6 is 23.0 Å². The summed E-state index contributed by atoms with van der Waals surface area (Å²) < 4.78 is 9.49. The quantitative estimate of drug-likeness (QED) is 0.379. The fourth-order valence-corrected chi connectivity index (χ4v) is 1.62. The molecule has 0 aliphatic heterocycles. The molecule has 0 saturated heterocycles. The maximum Gasteiger partial charge on any atom is 0.321 e. The third kappa shape index (κ3) is 11.1. The van der Waals surface area contributed by atoms with Crippen LogP contribution in [0.3, 0.4) is 0 Å². The van der Waals surface area contributed by atoms with Crippen molar-refractivity contribution in [3.05, 3.63) is 0 Å². The molecule has 0 aromatic rings. The lowest BCUT2D eigenvalue weighted by atomic mass is 10.2. The molecule has 0 aromatic carbocycles. The number of hydrogen-bond donors (Lipinski definition) is 3. The number of hydrogen-bond acceptors (Lipinski definition) is 5. The van der Waals surface area contributed by atoms with E-state index in [1.807, 2.05) is 28.3 Å². The molecule has 3 N–H and O–H groups in total. The van der Waals surface area contributed by atoms with Crippen LogP contribution < -0.4 is 10.6 Å². The van der Waals surface area contributed by atoms with Gasteiger partial charge < -0.3 is 18.2 Å². The van der Waals surface area contributed by atoms with Gasteiger partial charge in [0, 0.05) is 13.7 Å². The second kappa shape index (κ2) is 12.6. The van der Waals surface area contributed by atoms with Gasteiger partial charge in [-0.3, -0.25) is 10.1 Å². The minimum absolute atomic E-state index is 0.141. The maximum atomic E-state index is 11.3. The van der Waals surface area contributed by atoms with Gasteiger partial charge in [-0.1, -0.05) is 12.8 Å². The number of halogens is 1. The zero-order chi connectivity index (χ0) is 14.5. The largest absolute Gasteiger partial charge is 0.381 e. The topological polar surface area (TPSA) is 96.9 Å². The van der Waals surface area contributed by atoms with E-state index in [1.165, 1.54) is 7.11 Å². The highest BCUT2D eigenvalue weighted by atomic mass is 127. The fourth-order valence-electron chi connectivity index (χ4n) is 1.31. The summed E-state index contributed by atoms with van der Waals surface area (Å²) in [6.45, 7) is 1.09. The Hall–Kier alpha value is -0.450. The Morgan fingerprint density at radius 1 is 1.26 bits per heavy atom. The number of rotatable bonds is 10. The summed E-state index contributed by atoms with van der Waals surface area (Å²) in [7, 11) is 1.36. The highest BCUT2D eigenvalue weighted by Gasteiger charge is 2.16. The van der Waals surface area contributed by atoms with E-state index in [1.54, 1.807) is 0 Å². The number of imide groups is 1. The van der Waals surface area contributed by atoms with Gasteiger partial charge in [-0.05, 0) is 12.8 Å². The van der Waals surface area contributed by atoms with Gasteiger partial charge in [-0.25, -0.2) is 4.79 Å². The van der Waals surface area contributed by atoms with Crippen molar-refractivity contribution in [2.24, 2.45) is 0 Å². The van der Waals surface area contributed by atoms with Crippen LogP contribution in [0.5, 0.6) is 0 Å². The van der Waals surface area contributed by atoms with Crippen LogP contribution in [0.25, 0.3) is 0 Å². The van der Waals surface area contributed by atoms with Gasteiger partial charge in [-0.2, -0.15) is 0 Å². The number of carbonyl (C=O) groups excluding carboxylic acids is 2. The minimum Gasteiger partial charge on any atom is -0.381 e. The summed E-state index contributed by atoms with van der Waals surface area (Å²) in [6, 6.07) is -0.601. The number of urea groups is 1. The van der Waals surface area contributed by atoms with E-state index < -0.39 is 18.0 Å². The van der Waals surface area contributed by atoms with Crippen LogP contribution in [0.4, 0.5) is 4.79 Å². The number of ether oxygens (including phenoxy) is 1. The van der Waals surface area contributed by atoms with Crippen molar-refractivity contribution in [3.63, 3.8) is 0 Å². The van der Waals surface area contributed by atoms with Crippen molar-refractivity contribution in [1.29, 1.82) is 0 Å². The van der Waals surface area contributed by atoms with Crippen LogP contribution in [-0.4, -0.2) is 50.0 Å². The van der Waals surface area contributed by atoms with Crippen LogP contribution in [0, 0.1) is 0 Å². The number of aliphatic hydroxyl groups excluding tert-OH is 1. The summed E-state index contributed by atoms with van der Waals surface area (Å²) in [5.41, 5.74) is 0. The van der Waals surface area contributed by atoms with E-state index in [4.69, 9.17) is 3.07 Å². The molecule has 0 aliphatic rings. The molecule has 7 nitrogen and oxygen atoms in total. The molecule has 0 heterocycles. The first-order valence-electron chi connectivity index (χ1n) is 6.11. The van der Waals surface area contributed by atoms with Crippen molar-refractivity contribution in [2.45, 2.75) is 31.8 Å². The zero-order valence-corrected chi connectivity index (χ0v) is 13.1. The van der Waals surface area contributed by atoms with Crippen molar-refractivity contribution >= 4 is 34.9 Å². The number of carbonyl (C=O) groups is 2. The first kappa shape index (κ1) is 18.6. The minimum atomic E-state index is -1.33. The van der Waals surface area contributed by atoms with Crippen LogP contribution in [0.1, 0.15) is 25.7 Å². The van der Waals surface area contributed by atoms with Crippen LogP contribution in [-0.2, 0) is 12.6 Å². The first-order valence-corrected chi connectivity index (χ1v) is 6.99. The second-order valence-corrected chi connectivity index (χ2v) is 4.57. The predicted octanol–water partition coefficient (Wildman–Crippen LogP) is 0.746. The van der Waals surface area contributed by atoms with E-state index in [2.05, 4.69) is 10.1 Å². The molecule has 19 heavy (non-hydrogen) atoms. The number of amides is 3. The van der Waals surface area contributed by atoms with Gasteiger partial charge in [-0.15, -0.1) is 0 Å². The molecule has 0 saturated carbocycles. The normalized spacial score (nSPS) is 11.9. The summed E-state index contributed by atoms with van der Waals surface area (Å²) in [5, 5.41) is 13.8. The number of aliphatic hydroxyl groups is 1. The molecule has 3 amide bonds. The monoisotopic (exact) mass is 388 g/mol. The van der Waals surface area contributed by atoms with E-state index in [0.29, 0.717) is 6.54 Å². The van der Waals surface area contributed by atoms with E-state index in [9.17, 15) is 14.7 Å². The van der Waals surface area contributed by atoms with Gasteiger partial charge >= 0.3 is 6.03 Å². The maximum absolute atomic E-state index is 11.3. The van der Waals surface area contributed by atoms with E-state index >= 15 is 0 Å². The zero-order valence-electron chi connectivity index (χ0n) is 11.0. The molecular weight excluding hydrogens is 367 g/mol. The van der Waals surface area contributed by atoms with Gasteiger partial charge in [0.25, 0.3) is 5.91 Å². The fraction of sp³-hybridized carbons (Fsp3) is 0.818. The molecule has 0 spiro atoms. The molecule has 112 valence electrons. The molecule has 0 rings (SSSR count). The Morgan fingerprint density at radius 2 is 1.95 bits per heavy atom. The SMILES string of the molecule is COCC(O)C(=O)NC(=O)NCCCCCCOI. The Labute approximate surface area is 127 Å². The lowest BCUT2D eigenvalue weighted by Gasteiger charge is -2.10. The highest BCUT2D eigenvalue weighted by Crippen LogP contribution is 2.00. The third-order valence-electron chi connectivity index (χ3n) is 2.30. The molecule has 8 heteroatoms. The summed E-state index contributed by atoms with van der Waals surface area (Å²) in [6.07, 6.45) is 2.53. The molecule has 1 unspecified atom stereocenters. The Morgan fingerprint density at radius 3 is 2.58 bits per heavy atom. The average Bonchev–Trinajstić information content (AvgIpc) is 2.38. The van der Waals surface area contributed by atoms with Crippen LogP contribution in [0.2, 0.25) is 0 Å². The smallest absolute Gasteiger partial charge is 0.321 e. The van der Waals surface area contributed by atoms with Crippen molar-refractivity contribution in [3.8, 4) is 0 Å². The van der Waals surface area contributed by atoms with Gasteiger partial charge in [0.2, 0.25) is 0 Å². The van der Waals surface area contributed by atoms with Gasteiger partial charge in [0.1, 0.15) is 23.0 Å². The summed E-state index contributed by atoms with van der Waals surface area (Å²) in [5.74, 6) is -0.765. The molecule has 0 aromatic heterocycles. The van der Waals surface area contributed by atoms with Crippen molar-refractivity contribution in [1.82, 2.24) is 10.6 Å². The number of methoxy groups -OCH3 is 1. The van der Waals surface area contributed by atoms with Gasteiger partial charge in [0.05, 0.1) is 13.2 Å². The first-order chi connectivity index (χ1) is 9.11. The summed E-state index contributed by atoms with van der Waals surface area (Å²) in [4.78, 5) is 22.5. The lowest BCUT2D eigenvalue weighted by molar-refractivity contribution is -0.130. The van der Waals surface area contributed by atoms with Crippen LogP contribution in [0.15, 0.2) is 0 Å². The second-order valence-electron chi connectivity index (χ2n) is 3.94.